The van der Waals surface area contributed by atoms with Crippen LogP contribution >= 0.6 is 22.7 Å². The highest BCUT2D eigenvalue weighted by atomic mass is 32.1. The van der Waals surface area contributed by atoms with Crippen LogP contribution in [0.5, 0.6) is 0 Å². The van der Waals surface area contributed by atoms with Crippen molar-refractivity contribution in [2.45, 2.75) is 37.8 Å². The van der Waals surface area contributed by atoms with E-state index in [0.717, 1.165) is 42.9 Å². The Morgan fingerprint density at radius 1 is 1.32 bits per heavy atom. The molecule has 2 heterocycles. The van der Waals surface area contributed by atoms with Crippen molar-refractivity contribution >= 4 is 22.7 Å². The Bertz CT molecular complexity index is 515. The van der Waals surface area contributed by atoms with Gasteiger partial charge in [-0.15, -0.1) is 22.7 Å². The summed E-state index contributed by atoms with van der Waals surface area (Å²) >= 11 is 3.41. The van der Waals surface area contributed by atoms with E-state index in [2.05, 4.69) is 33.2 Å². The van der Waals surface area contributed by atoms with Gasteiger partial charge in [0.05, 0.1) is 16.2 Å². The SMILES string of the molecule is OC1(CNCc2csc(-c3cccs3)n2)CCCC1. The summed E-state index contributed by atoms with van der Waals surface area (Å²) in [5, 5.41) is 18.8. The molecule has 1 aliphatic carbocycles. The van der Waals surface area contributed by atoms with Gasteiger partial charge in [-0.25, -0.2) is 4.98 Å². The quantitative estimate of drug-likeness (QED) is 0.889. The molecule has 2 aromatic rings. The molecule has 0 atom stereocenters. The maximum Gasteiger partial charge on any atom is 0.133 e. The van der Waals surface area contributed by atoms with Crippen LogP contribution < -0.4 is 5.32 Å². The number of nitrogens with one attached hydrogen (secondary N) is 1. The Morgan fingerprint density at radius 3 is 2.89 bits per heavy atom. The number of rotatable bonds is 5. The Labute approximate surface area is 121 Å². The summed E-state index contributed by atoms with van der Waals surface area (Å²) in [5.74, 6) is 0. The van der Waals surface area contributed by atoms with Gasteiger partial charge in [-0.05, 0) is 24.3 Å². The van der Waals surface area contributed by atoms with E-state index in [1.165, 1.54) is 4.88 Å². The summed E-state index contributed by atoms with van der Waals surface area (Å²) in [7, 11) is 0. The number of thiazole rings is 1. The van der Waals surface area contributed by atoms with Crippen LogP contribution in [0, 0.1) is 0 Å². The second-order valence-corrected chi connectivity index (χ2v) is 6.96. The lowest BCUT2D eigenvalue weighted by molar-refractivity contribution is 0.0474. The van der Waals surface area contributed by atoms with Crippen molar-refractivity contribution in [3.63, 3.8) is 0 Å². The Balaban J connectivity index is 1.53. The maximum atomic E-state index is 10.2. The predicted octanol–water partition coefficient (Wildman–Crippen LogP) is 3.27. The molecule has 0 unspecified atom stereocenters. The van der Waals surface area contributed by atoms with E-state index in [1.807, 2.05) is 0 Å². The van der Waals surface area contributed by atoms with Gasteiger partial charge in [0.1, 0.15) is 5.01 Å². The third kappa shape index (κ3) is 3.23. The van der Waals surface area contributed by atoms with Gasteiger partial charge in [0.2, 0.25) is 0 Å². The Morgan fingerprint density at radius 2 is 2.16 bits per heavy atom. The highest BCUT2D eigenvalue weighted by Gasteiger charge is 2.30. The van der Waals surface area contributed by atoms with Crippen LogP contribution in [-0.2, 0) is 6.54 Å². The first kappa shape index (κ1) is 13.2. The molecule has 2 aromatic heterocycles. The minimum atomic E-state index is -0.480. The largest absolute Gasteiger partial charge is 0.389 e. The van der Waals surface area contributed by atoms with E-state index in [0.29, 0.717) is 6.54 Å². The van der Waals surface area contributed by atoms with Crippen molar-refractivity contribution in [1.29, 1.82) is 0 Å². The Hall–Kier alpha value is -0.750. The van der Waals surface area contributed by atoms with Crippen LogP contribution in [0.4, 0.5) is 0 Å². The van der Waals surface area contributed by atoms with Gasteiger partial charge in [0, 0.05) is 18.5 Å². The molecule has 102 valence electrons. The van der Waals surface area contributed by atoms with Crippen molar-refractivity contribution < 1.29 is 5.11 Å². The molecule has 0 aliphatic heterocycles. The number of thiophene rings is 1. The van der Waals surface area contributed by atoms with Crippen molar-refractivity contribution in [2.75, 3.05) is 6.54 Å². The van der Waals surface area contributed by atoms with Crippen LogP contribution in [0.25, 0.3) is 9.88 Å². The summed E-state index contributed by atoms with van der Waals surface area (Å²) in [6.45, 7) is 1.42. The second-order valence-electron chi connectivity index (χ2n) is 5.16. The summed E-state index contributed by atoms with van der Waals surface area (Å²) in [5.41, 5.74) is 0.585. The number of hydrogen-bond acceptors (Lipinski definition) is 5. The zero-order chi connectivity index (χ0) is 13.1. The third-order valence-corrected chi connectivity index (χ3v) is 5.51. The molecule has 1 aliphatic rings. The lowest BCUT2D eigenvalue weighted by Crippen LogP contribution is -2.37. The second kappa shape index (κ2) is 5.71. The topological polar surface area (TPSA) is 45.1 Å². The molecule has 1 fully saturated rings. The maximum absolute atomic E-state index is 10.2. The number of aromatic nitrogens is 1. The summed E-state index contributed by atoms with van der Waals surface area (Å²) in [6, 6.07) is 4.15. The average molecular weight is 294 g/mol. The smallest absolute Gasteiger partial charge is 0.133 e. The molecule has 0 saturated heterocycles. The van der Waals surface area contributed by atoms with Gasteiger partial charge >= 0.3 is 0 Å². The minimum absolute atomic E-state index is 0.480. The fraction of sp³-hybridized carbons (Fsp3) is 0.500. The molecule has 19 heavy (non-hydrogen) atoms. The van der Waals surface area contributed by atoms with Crippen LogP contribution in [0.1, 0.15) is 31.4 Å². The van der Waals surface area contributed by atoms with E-state index in [4.69, 9.17) is 0 Å². The van der Waals surface area contributed by atoms with E-state index >= 15 is 0 Å². The fourth-order valence-electron chi connectivity index (χ4n) is 2.53. The van der Waals surface area contributed by atoms with Gasteiger partial charge in [-0.2, -0.15) is 0 Å². The van der Waals surface area contributed by atoms with E-state index in [-0.39, 0.29) is 0 Å². The molecule has 3 rings (SSSR count). The van der Waals surface area contributed by atoms with Crippen LogP contribution in [0.15, 0.2) is 22.9 Å². The highest BCUT2D eigenvalue weighted by molar-refractivity contribution is 7.20. The first-order chi connectivity index (χ1) is 9.25. The molecular weight excluding hydrogens is 276 g/mol. The number of nitrogens with zero attached hydrogens (tertiary/aromatic N) is 1. The molecular formula is C14H18N2OS2. The summed E-state index contributed by atoms with van der Waals surface area (Å²) in [6.07, 6.45) is 4.16. The molecule has 0 spiro atoms. The normalized spacial score (nSPS) is 17.9. The van der Waals surface area contributed by atoms with Crippen LogP contribution in [-0.4, -0.2) is 22.2 Å². The fourth-order valence-corrected chi connectivity index (χ4v) is 4.17. The molecule has 0 aromatic carbocycles. The molecule has 1 saturated carbocycles. The zero-order valence-electron chi connectivity index (χ0n) is 10.8. The predicted molar refractivity (Wildman–Crippen MR) is 80.6 cm³/mol. The summed E-state index contributed by atoms with van der Waals surface area (Å²) < 4.78 is 0. The van der Waals surface area contributed by atoms with Crippen LogP contribution in [0.2, 0.25) is 0 Å². The van der Waals surface area contributed by atoms with Crippen LogP contribution in [0.3, 0.4) is 0 Å². The van der Waals surface area contributed by atoms with Crippen molar-refractivity contribution in [3.05, 3.63) is 28.6 Å². The number of aliphatic hydroxyl groups is 1. The molecule has 2 N–H and O–H groups in total. The van der Waals surface area contributed by atoms with E-state index in [1.54, 1.807) is 22.7 Å². The average Bonchev–Trinajstić information content (AvgIpc) is 3.08. The Kier molecular flexibility index (Phi) is 3.98. The van der Waals surface area contributed by atoms with E-state index < -0.39 is 5.60 Å². The first-order valence-corrected chi connectivity index (χ1v) is 8.43. The van der Waals surface area contributed by atoms with Crippen molar-refractivity contribution in [2.24, 2.45) is 0 Å². The third-order valence-electron chi connectivity index (χ3n) is 3.58. The summed E-state index contributed by atoms with van der Waals surface area (Å²) in [4.78, 5) is 5.85. The lowest BCUT2D eigenvalue weighted by atomic mass is 10.0. The van der Waals surface area contributed by atoms with Gasteiger partial charge in [-0.1, -0.05) is 18.9 Å². The monoisotopic (exact) mass is 294 g/mol. The van der Waals surface area contributed by atoms with Gasteiger partial charge in [-0.3, -0.25) is 0 Å². The van der Waals surface area contributed by atoms with Gasteiger partial charge in [0.15, 0.2) is 0 Å². The standard InChI is InChI=1S/C14H18N2OS2/c17-14(5-1-2-6-14)10-15-8-11-9-19-13(16-11)12-4-3-7-18-12/h3-4,7,9,15,17H,1-2,5-6,8,10H2. The van der Waals surface area contributed by atoms with Gasteiger partial charge < -0.3 is 10.4 Å². The van der Waals surface area contributed by atoms with Crippen molar-refractivity contribution in [1.82, 2.24) is 10.3 Å². The molecule has 5 heteroatoms. The first-order valence-electron chi connectivity index (χ1n) is 6.67. The van der Waals surface area contributed by atoms with E-state index in [9.17, 15) is 5.11 Å². The zero-order valence-corrected chi connectivity index (χ0v) is 12.4. The highest BCUT2D eigenvalue weighted by Crippen LogP contribution is 2.29. The number of hydrogen-bond donors (Lipinski definition) is 2. The molecule has 3 nitrogen and oxygen atoms in total. The van der Waals surface area contributed by atoms with Gasteiger partial charge in [0.25, 0.3) is 0 Å². The lowest BCUT2D eigenvalue weighted by Gasteiger charge is -2.22. The van der Waals surface area contributed by atoms with Crippen molar-refractivity contribution in [3.8, 4) is 9.88 Å². The molecule has 0 amide bonds. The molecule has 0 radical (unpaired) electrons. The minimum Gasteiger partial charge on any atom is -0.389 e. The molecule has 0 bridgehead atoms.